The zero-order valence-corrected chi connectivity index (χ0v) is 12.8. The van der Waals surface area contributed by atoms with E-state index in [-0.39, 0.29) is 0 Å². The van der Waals surface area contributed by atoms with Crippen LogP contribution >= 0.6 is 11.3 Å². The molecule has 0 saturated heterocycles. The maximum Gasteiger partial charge on any atom is 0.136 e. The highest BCUT2D eigenvalue weighted by atomic mass is 32.1. The van der Waals surface area contributed by atoms with Crippen LogP contribution in [0.25, 0.3) is 10.6 Å². The third-order valence-corrected chi connectivity index (χ3v) is 3.85. The van der Waals surface area contributed by atoms with E-state index in [1.165, 1.54) is 0 Å². The molecule has 1 N–H and O–H groups in total. The highest BCUT2D eigenvalue weighted by molar-refractivity contribution is 7.15. The number of methoxy groups -OCH3 is 3. The highest BCUT2D eigenvalue weighted by Crippen LogP contribution is 2.43. The van der Waals surface area contributed by atoms with Crippen LogP contribution in [0.15, 0.2) is 18.3 Å². The molecule has 0 radical (unpaired) electrons. The summed E-state index contributed by atoms with van der Waals surface area (Å²) in [5.74, 6) is 2.06. The number of aromatic nitrogens is 1. The Morgan fingerprint density at radius 3 is 2.25 bits per heavy atom. The molecule has 5 nitrogen and oxygen atoms in total. The molecule has 0 fully saturated rings. The fourth-order valence-electron chi connectivity index (χ4n) is 1.90. The molecule has 6 heteroatoms. The Morgan fingerprint density at radius 2 is 1.75 bits per heavy atom. The van der Waals surface area contributed by atoms with Crippen LogP contribution in [0, 0.1) is 0 Å². The van der Waals surface area contributed by atoms with Crippen molar-refractivity contribution in [1.29, 1.82) is 0 Å². The zero-order chi connectivity index (χ0) is 14.5. The van der Waals surface area contributed by atoms with Crippen molar-refractivity contribution < 1.29 is 14.2 Å². The monoisotopic (exact) mass is 294 g/mol. The third-order valence-electron chi connectivity index (χ3n) is 2.83. The van der Waals surface area contributed by atoms with Gasteiger partial charge in [-0.2, -0.15) is 0 Å². The number of nitrogens with one attached hydrogen (secondary N) is 1. The molecule has 1 heterocycles. The molecule has 0 spiro atoms. The molecule has 20 heavy (non-hydrogen) atoms. The number of thiazole rings is 1. The normalized spacial score (nSPS) is 10.4. The van der Waals surface area contributed by atoms with Gasteiger partial charge in [0.05, 0.1) is 26.9 Å². The topological polar surface area (TPSA) is 52.6 Å². The standard InChI is InChI=1S/C14H18N2O3S/c1-15-7-10-8-16-14(20-10)13-11(18-3)5-9(17-2)6-12(13)19-4/h5-6,8,15H,7H2,1-4H3. The van der Waals surface area contributed by atoms with Gasteiger partial charge in [-0.15, -0.1) is 11.3 Å². The molecule has 0 bridgehead atoms. The van der Waals surface area contributed by atoms with E-state index in [4.69, 9.17) is 14.2 Å². The summed E-state index contributed by atoms with van der Waals surface area (Å²) in [5.41, 5.74) is 0.850. The van der Waals surface area contributed by atoms with Crippen molar-refractivity contribution in [1.82, 2.24) is 10.3 Å². The van der Waals surface area contributed by atoms with E-state index < -0.39 is 0 Å². The van der Waals surface area contributed by atoms with Gasteiger partial charge in [0.15, 0.2) is 0 Å². The minimum atomic E-state index is 0.687. The Kier molecular flexibility index (Phi) is 4.81. The molecule has 0 amide bonds. The maximum absolute atomic E-state index is 5.45. The van der Waals surface area contributed by atoms with Gasteiger partial charge in [-0.05, 0) is 7.05 Å². The molecule has 0 unspecified atom stereocenters. The van der Waals surface area contributed by atoms with E-state index in [1.807, 2.05) is 25.4 Å². The fourth-order valence-corrected chi connectivity index (χ4v) is 2.87. The number of benzene rings is 1. The fraction of sp³-hybridized carbons (Fsp3) is 0.357. The Labute approximate surface area is 122 Å². The first kappa shape index (κ1) is 14.6. The molecule has 1 aromatic heterocycles. The summed E-state index contributed by atoms with van der Waals surface area (Å²) in [6, 6.07) is 3.66. The van der Waals surface area contributed by atoms with E-state index >= 15 is 0 Å². The molecular weight excluding hydrogens is 276 g/mol. The van der Waals surface area contributed by atoms with Crippen LogP contribution in [0.4, 0.5) is 0 Å². The first-order valence-electron chi connectivity index (χ1n) is 6.13. The van der Waals surface area contributed by atoms with Gasteiger partial charge in [-0.25, -0.2) is 4.98 Å². The van der Waals surface area contributed by atoms with Crippen LogP contribution < -0.4 is 19.5 Å². The number of hydrogen-bond donors (Lipinski definition) is 1. The molecule has 0 aliphatic heterocycles. The molecule has 0 saturated carbocycles. The summed E-state index contributed by atoms with van der Waals surface area (Å²) in [6.45, 7) is 0.790. The molecule has 0 aliphatic rings. The second-order valence-corrected chi connectivity index (χ2v) is 5.18. The van der Waals surface area contributed by atoms with Crippen LogP contribution in [-0.2, 0) is 6.54 Å². The van der Waals surface area contributed by atoms with Gasteiger partial charge in [0.2, 0.25) is 0 Å². The van der Waals surface area contributed by atoms with Crippen LogP contribution in [-0.4, -0.2) is 33.4 Å². The lowest BCUT2D eigenvalue weighted by atomic mass is 10.1. The summed E-state index contributed by atoms with van der Waals surface area (Å²) in [5, 5.41) is 3.98. The Balaban J connectivity index is 2.52. The van der Waals surface area contributed by atoms with Gasteiger partial charge in [0, 0.05) is 29.8 Å². The quantitative estimate of drug-likeness (QED) is 0.887. The zero-order valence-electron chi connectivity index (χ0n) is 12.0. The van der Waals surface area contributed by atoms with Crippen LogP contribution in [0.1, 0.15) is 4.88 Å². The Bertz CT molecular complexity index is 559. The van der Waals surface area contributed by atoms with Crippen molar-refractivity contribution >= 4 is 11.3 Å². The summed E-state index contributed by atoms with van der Waals surface area (Å²) < 4.78 is 16.1. The minimum absolute atomic E-state index is 0.687. The second-order valence-electron chi connectivity index (χ2n) is 4.07. The largest absolute Gasteiger partial charge is 0.496 e. The number of nitrogens with zero attached hydrogens (tertiary/aromatic N) is 1. The van der Waals surface area contributed by atoms with E-state index in [1.54, 1.807) is 32.7 Å². The number of rotatable bonds is 6. The van der Waals surface area contributed by atoms with E-state index in [2.05, 4.69) is 10.3 Å². The first-order valence-corrected chi connectivity index (χ1v) is 6.94. The van der Waals surface area contributed by atoms with Gasteiger partial charge in [0.1, 0.15) is 22.3 Å². The summed E-state index contributed by atoms with van der Waals surface area (Å²) in [4.78, 5) is 5.61. The van der Waals surface area contributed by atoms with Crippen LogP contribution in [0.3, 0.4) is 0 Å². The lowest BCUT2D eigenvalue weighted by molar-refractivity contribution is 0.377. The number of hydrogen-bond acceptors (Lipinski definition) is 6. The Hall–Kier alpha value is -1.79. The number of ether oxygens (including phenoxy) is 3. The molecule has 108 valence electrons. The van der Waals surface area contributed by atoms with E-state index in [0.717, 1.165) is 22.0 Å². The van der Waals surface area contributed by atoms with Gasteiger partial charge >= 0.3 is 0 Å². The van der Waals surface area contributed by atoms with E-state index in [0.29, 0.717) is 17.2 Å². The summed E-state index contributed by atoms with van der Waals surface area (Å²) in [7, 11) is 6.77. The van der Waals surface area contributed by atoms with Gasteiger partial charge in [0.25, 0.3) is 0 Å². The minimum Gasteiger partial charge on any atom is -0.496 e. The van der Waals surface area contributed by atoms with Crippen molar-refractivity contribution in [2.75, 3.05) is 28.4 Å². The predicted octanol–water partition coefficient (Wildman–Crippen LogP) is 2.56. The van der Waals surface area contributed by atoms with Crippen LogP contribution in [0.2, 0.25) is 0 Å². The Morgan fingerprint density at radius 1 is 1.10 bits per heavy atom. The molecule has 0 aliphatic carbocycles. The molecule has 2 rings (SSSR count). The van der Waals surface area contributed by atoms with E-state index in [9.17, 15) is 0 Å². The van der Waals surface area contributed by atoms with Crippen molar-refractivity contribution in [3.05, 3.63) is 23.2 Å². The summed E-state index contributed by atoms with van der Waals surface area (Å²) >= 11 is 1.61. The second kappa shape index (κ2) is 6.58. The molecule has 2 aromatic rings. The average molecular weight is 294 g/mol. The van der Waals surface area contributed by atoms with Gasteiger partial charge in [-0.3, -0.25) is 0 Å². The molecule has 1 aromatic carbocycles. The SMILES string of the molecule is CNCc1cnc(-c2c(OC)cc(OC)cc2OC)s1. The average Bonchev–Trinajstić information content (AvgIpc) is 2.94. The van der Waals surface area contributed by atoms with Crippen molar-refractivity contribution in [3.63, 3.8) is 0 Å². The predicted molar refractivity (Wildman–Crippen MR) is 80.0 cm³/mol. The van der Waals surface area contributed by atoms with Crippen molar-refractivity contribution in [2.24, 2.45) is 0 Å². The molecule has 0 atom stereocenters. The summed E-state index contributed by atoms with van der Waals surface area (Å²) in [6.07, 6.45) is 1.86. The van der Waals surface area contributed by atoms with Gasteiger partial charge in [-0.1, -0.05) is 0 Å². The highest BCUT2D eigenvalue weighted by Gasteiger charge is 2.18. The van der Waals surface area contributed by atoms with Crippen molar-refractivity contribution in [3.8, 4) is 27.8 Å². The maximum atomic E-state index is 5.45. The third kappa shape index (κ3) is 2.86. The first-order chi connectivity index (χ1) is 9.73. The molecular formula is C14H18N2O3S. The lowest BCUT2D eigenvalue weighted by Crippen LogP contribution is -2.02. The van der Waals surface area contributed by atoms with Crippen LogP contribution in [0.5, 0.6) is 17.2 Å². The van der Waals surface area contributed by atoms with Crippen molar-refractivity contribution in [2.45, 2.75) is 6.54 Å². The lowest BCUT2D eigenvalue weighted by Gasteiger charge is -2.13. The van der Waals surface area contributed by atoms with Gasteiger partial charge < -0.3 is 19.5 Å². The smallest absolute Gasteiger partial charge is 0.136 e.